The van der Waals surface area contributed by atoms with Gasteiger partial charge in [-0.2, -0.15) is 0 Å². The molecule has 0 aliphatic heterocycles. The predicted molar refractivity (Wildman–Crippen MR) is 124 cm³/mol. The van der Waals surface area contributed by atoms with Gasteiger partial charge in [0.15, 0.2) is 0 Å². The number of hydrogen-bond acceptors (Lipinski definition) is 5. The molecule has 0 aliphatic carbocycles. The van der Waals surface area contributed by atoms with Crippen molar-refractivity contribution in [1.29, 1.82) is 0 Å². The molecule has 2 aromatic carbocycles. The van der Waals surface area contributed by atoms with Gasteiger partial charge in [0.25, 0.3) is 5.91 Å². The van der Waals surface area contributed by atoms with Crippen LogP contribution in [0.3, 0.4) is 0 Å². The summed E-state index contributed by atoms with van der Waals surface area (Å²) in [5.41, 5.74) is 2.78. The van der Waals surface area contributed by atoms with E-state index in [4.69, 9.17) is 4.74 Å². The van der Waals surface area contributed by atoms with E-state index in [1.807, 2.05) is 35.8 Å². The van der Waals surface area contributed by atoms with Gasteiger partial charge in [0.2, 0.25) is 5.91 Å². The number of fused-ring (bicyclic) bond motifs is 1. The first-order valence-corrected chi connectivity index (χ1v) is 10.8. The molecule has 0 radical (unpaired) electrons. The van der Waals surface area contributed by atoms with Crippen LogP contribution in [0.2, 0.25) is 0 Å². The number of rotatable bonds is 7. The molecule has 0 fully saturated rings. The number of benzene rings is 2. The van der Waals surface area contributed by atoms with Crippen molar-refractivity contribution in [1.82, 2.24) is 10.3 Å². The topological polar surface area (TPSA) is 100 Å². The zero-order valence-electron chi connectivity index (χ0n) is 17.3. The number of carbonyl (C=O) groups excluding carboxylic acids is 3. The Hall–Kier alpha value is -3.91. The van der Waals surface area contributed by atoms with E-state index in [2.05, 4.69) is 15.6 Å². The quantitative estimate of drug-likeness (QED) is 0.373. The van der Waals surface area contributed by atoms with Crippen LogP contribution in [-0.4, -0.2) is 35.9 Å². The standard InChI is InChI=1S/C24H21N3O4S/c1-31-24(30)15-8-10-17(11-9-15)26-22(28)20(27-23(29)21-7-4-12-32-21)13-16-14-25-19-6-3-2-5-18(16)19/h2-12,14,20,25H,13H2,1H3,(H,26,28)(H,27,29). The lowest BCUT2D eigenvalue weighted by Crippen LogP contribution is -2.45. The Morgan fingerprint density at radius 2 is 1.81 bits per heavy atom. The Labute approximate surface area is 188 Å². The third-order valence-corrected chi connectivity index (χ3v) is 5.91. The number of methoxy groups -OCH3 is 1. The number of aromatic amines is 1. The number of aromatic nitrogens is 1. The third kappa shape index (κ3) is 4.70. The Balaban J connectivity index is 1.55. The number of esters is 1. The van der Waals surface area contributed by atoms with Crippen LogP contribution in [0.4, 0.5) is 5.69 Å². The van der Waals surface area contributed by atoms with Gasteiger partial charge in [0, 0.05) is 29.2 Å². The van der Waals surface area contributed by atoms with Gasteiger partial charge in [-0.05, 0) is 47.3 Å². The molecule has 1 atom stereocenters. The zero-order valence-corrected chi connectivity index (χ0v) is 18.1. The van der Waals surface area contributed by atoms with Crippen LogP contribution in [0.1, 0.15) is 25.6 Å². The molecule has 0 spiro atoms. The van der Waals surface area contributed by atoms with Crippen molar-refractivity contribution in [3.63, 3.8) is 0 Å². The number of anilines is 1. The molecule has 0 bridgehead atoms. The first-order chi connectivity index (χ1) is 15.5. The second-order valence-corrected chi connectivity index (χ2v) is 8.07. The van der Waals surface area contributed by atoms with Gasteiger partial charge in [0.1, 0.15) is 6.04 Å². The third-order valence-electron chi connectivity index (χ3n) is 5.04. The first kappa shape index (κ1) is 21.3. The van der Waals surface area contributed by atoms with Crippen molar-refractivity contribution in [2.45, 2.75) is 12.5 Å². The van der Waals surface area contributed by atoms with Gasteiger partial charge >= 0.3 is 5.97 Å². The van der Waals surface area contributed by atoms with E-state index in [1.54, 1.807) is 36.4 Å². The molecule has 8 heteroatoms. The van der Waals surface area contributed by atoms with Crippen LogP contribution in [-0.2, 0) is 16.0 Å². The minimum atomic E-state index is -0.802. The normalized spacial score (nSPS) is 11.7. The molecule has 3 N–H and O–H groups in total. The summed E-state index contributed by atoms with van der Waals surface area (Å²) in [6, 6.07) is 16.9. The fraction of sp³-hybridized carbons (Fsp3) is 0.125. The summed E-state index contributed by atoms with van der Waals surface area (Å²) < 4.78 is 4.69. The maximum absolute atomic E-state index is 13.1. The highest BCUT2D eigenvalue weighted by molar-refractivity contribution is 7.12. The zero-order chi connectivity index (χ0) is 22.5. The van der Waals surface area contributed by atoms with Gasteiger partial charge < -0.3 is 20.4 Å². The SMILES string of the molecule is COC(=O)c1ccc(NC(=O)C(Cc2c[nH]c3ccccc23)NC(=O)c2cccs2)cc1. The second kappa shape index (κ2) is 9.49. The largest absolute Gasteiger partial charge is 0.465 e. The number of thiophene rings is 1. The number of ether oxygens (including phenoxy) is 1. The average molecular weight is 448 g/mol. The number of H-pyrrole nitrogens is 1. The Kier molecular flexibility index (Phi) is 6.32. The van der Waals surface area contributed by atoms with Gasteiger partial charge in [-0.25, -0.2) is 4.79 Å². The van der Waals surface area contributed by atoms with Gasteiger partial charge in [-0.1, -0.05) is 24.3 Å². The molecular formula is C24H21N3O4S. The van der Waals surface area contributed by atoms with Crippen molar-refractivity contribution in [2.24, 2.45) is 0 Å². The van der Waals surface area contributed by atoms with Gasteiger partial charge in [-0.15, -0.1) is 11.3 Å². The van der Waals surface area contributed by atoms with Crippen LogP contribution in [0, 0.1) is 0 Å². The summed E-state index contributed by atoms with van der Waals surface area (Å²) in [4.78, 5) is 41.2. The van der Waals surface area contributed by atoms with Crippen LogP contribution in [0.15, 0.2) is 72.2 Å². The highest BCUT2D eigenvalue weighted by Gasteiger charge is 2.24. The average Bonchev–Trinajstić information content (AvgIpc) is 3.49. The van der Waals surface area contributed by atoms with E-state index in [0.717, 1.165) is 16.5 Å². The van der Waals surface area contributed by atoms with Crippen LogP contribution in [0.5, 0.6) is 0 Å². The smallest absolute Gasteiger partial charge is 0.337 e. The van der Waals surface area contributed by atoms with Crippen LogP contribution < -0.4 is 10.6 Å². The molecule has 2 aromatic heterocycles. The lowest BCUT2D eigenvalue weighted by Gasteiger charge is -2.18. The molecule has 0 saturated heterocycles. The lowest BCUT2D eigenvalue weighted by atomic mass is 10.0. The maximum Gasteiger partial charge on any atom is 0.337 e. The molecule has 4 aromatic rings. The molecule has 7 nitrogen and oxygen atoms in total. The van der Waals surface area contributed by atoms with E-state index < -0.39 is 12.0 Å². The van der Waals surface area contributed by atoms with E-state index in [1.165, 1.54) is 18.4 Å². The first-order valence-electron chi connectivity index (χ1n) is 9.94. The maximum atomic E-state index is 13.1. The fourth-order valence-electron chi connectivity index (χ4n) is 3.40. The van der Waals surface area contributed by atoms with Crippen molar-refractivity contribution in [2.75, 3.05) is 12.4 Å². The minimum Gasteiger partial charge on any atom is -0.465 e. The summed E-state index contributed by atoms with van der Waals surface area (Å²) in [7, 11) is 1.31. The number of hydrogen-bond donors (Lipinski definition) is 3. The Morgan fingerprint density at radius 3 is 2.53 bits per heavy atom. The Bertz CT molecular complexity index is 1250. The fourth-order valence-corrected chi connectivity index (χ4v) is 4.03. The van der Waals surface area contributed by atoms with E-state index in [0.29, 0.717) is 22.5 Å². The monoisotopic (exact) mass is 447 g/mol. The number of nitrogens with one attached hydrogen (secondary N) is 3. The molecule has 162 valence electrons. The van der Waals surface area contributed by atoms with E-state index in [9.17, 15) is 14.4 Å². The molecule has 4 rings (SSSR count). The number of carbonyl (C=O) groups is 3. The molecule has 2 amide bonds. The highest BCUT2D eigenvalue weighted by atomic mass is 32.1. The number of para-hydroxylation sites is 1. The van der Waals surface area contributed by atoms with E-state index in [-0.39, 0.29) is 11.8 Å². The number of amides is 2. The summed E-state index contributed by atoms with van der Waals surface area (Å²) in [5.74, 6) is -1.12. The van der Waals surface area contributed by atoms with Crippen molar-refractivity contribution in [3.05, 3.63) is 88.2 Å². The Morgan fingerprint density at radius 1 is 1.03 bits per heavy atom. The molecule has 0 aliphatic rings. The summed E-state index contributed by atoms with van der Waals surface area (Å²) in [5, 5.41) is 8.49. The molecule has 0 saturated carbocycles. The van der Waals surface area contributed by atoms with Crippen molar-refractivity contribution in [3.8, 4) is 0 Å². The van der Waals surface area contributed by atoms with Crippen molar-refractivity contribution >= 4 is 45.7 Å². The lowest BCUT2D eigenvalue weighted by molar-refractivity contribution is -0.118. The van der Waals surface area contributed by atoms with Crippen LogP contribution >= 0.6 is 11.3 Å². The van der Waals surface area contributed by atoms with Crippen molar-refractivity contribution < 1.29 is 19.1 Å². The highest BCUT2D eigenvalue weighted by Crippen LogP contribution is 2.20. The van der Waals surface area contributed by atoms with Crippen LogP contribution in [0.25, 0.3) is 10.9 Å². The minimum absolute atomic E-state index is 0.305. The molecule has 1 unspecified atom stereocenters. The van der Waals surface area contributed by atoms with Gasteiger partial charge in [-0.3, -0.25) is 9.59 Å². The molecule has 2 heterocycles. The predicted octanol–water partition coefficient (Wildman–Crippen LogP) is 4.00. The summed E-state index contributed by atoms with van der Waals surface area (Å²) >= 11 is 1.31. The molecule has 32 heavy (non-hydrogen) atoms. The summed E-state index contributed by atoms with van der Waals surface area (Å²) in [6.45, 7) is 0. The molecular weight excluding hydrogens is 426 g/mol. The van der Waals surface area contributed by atoms with E-state index >= 15 is 0 Å². The summed E-state index contributed by atoms with van der Waals surface area (Å²) in [6.07, 6.45) is 2.17. The second-order valence-electron chi connectivity index (χ2n) is 7.13. The van der Waals surface area contributed by atoms with Gasteiger partial charge in [0.05, 0.1) is 17.6 Å².